The zero-order valence-corrected chi connectivity index (χ0v) is 19.3. The van der Waals surface area contributed by atoms with Crippen molar-refractivity contribution in [2.24, 2.45) is 0 Å². The lowest BCUT2D eigenvalue weighted by Gasteiger charge is -2.28. The standard InChI is InChI=1S/C28H24F3N3O2/c29-28(30,31)24-15-21(8-9-23(24)19-4-2-1-3-5-19)26-16-25(32-33-26)20-7-6-18-10-12-34(13-11-27(35)36)17-22(18)14-20/h1-9,14-16H,10-13,17H2,(H,32,33)(H,35,36). The second-order valence-corrected chi connectivity index (χ2v) is 8.94. The molecule has 0 fully saturated rings. The first kappa shape index (κ1) is 23.8. The fraction of sp³-hybridized carbons (Fsp3) is 0.214. The first-order valence-corrected chi connectivity index (χ1v) is 11.7. The summed E-state index contributed by atoms with van der Waals surface area (Å²) in [5.41, 5.74) is 4.66. The van der Waals surface area contributed by atoms with E-state index in [1.807, 2.05) is 18.2 Å². The lowest BCUT2D eigenvalue weighted by Crippen LogP contribution is -2.32. The van der Waals surface area contributed by atoms with E-state index in [1.54, 1.807) is 42.5 Å². The zero-order chi connectivity index (χ0) is 25.3. The number of rotatable bonds is 6. The Morgan fingerprint density at radius 1 is 0.944 bits per heavy atom. The number of hydrogen-bond donors (Lipinski definition) is 2. The summed E-state index contributed by atoms with van der Waals surface area (Å²) in [4.78, 5) is 13.0. The average Bonchev–Trinajstić information content (AvgIpc) is 3.37. The van der Waals surface area contributed by atoms with Crippen LogP contribution in [0.1, 0.15) is 23.1 Å². The smallest absolute Gasteiger partial charge is 0.417 e. The number of carboxylic acids is 1. The Hall–Kier alpha value is -3.91. The maximum atomic E-state index is 13.9. The van der Waals surface area contributed by atoms with Crippen molar-refractivity contribution in [3.8, 4) is 33.6 Å². The maximum Gasteiger partial charge on any atom is 0.417 e. The Labute approximate surface area is 206 Å². The summed E-state index contributed by atoms with van der Waals surface area (Å²) in [5.74, 6) is -0.816. The molecular formula is C28H24F3N3O2. The van der Waals surface area contributed by atoms with Crippen LogP contribution < -0.4 is 0 Å². The van der Waals surface area contributed by atoms with Gasteiger partial charge in [-0.3, -0.25) is 14.8 Å². The number of benzene rings is 3. The van der Waals surface area contributed by atoms with Crippen LogP contribution in [0.3, 0.4) is 0 Å². The lowest BCUT2D eigenvalue weighted by molar-refractivity contribution is -0.138. The van der Waals surface area contributed by atoms with Gasteiger partial charge in [-0.15, -0.1) is 0 Å². The van der Waals surface area contributed by atoms with Crippen molar-refractivity contribution in [1.82, 2.24) is 15.1 Å². The van der Waals surface area contributed by atoms with E-state index in [-0.39, 0.29) is 12.0 Å². The third-order valence-corrected chi connectivity index (χ3v) is 6.53. The Morgan fingerprint density at radius 3 is 2.47 bits per heavy atom. The highest BCUT2D eigenvalue weighted by molar-refractivity contribution is 5.75. The second-order valence-electron chi connectivity index (χ2n) is 8.94. The van der Waals surface area contributed by atoms with Gasteiger partial charge < -0.3 is 5.11 Å². The molecule has 1 aromatic heterocycles. The predicted octanol–water partition coefficient (Wildman–Crippen LogP) is 6.26. The summed E-state index contributed by atoms with van der Waals surface area (Å²) in [5, 5.41) is 16.2. The molecule has 0 saturated carbocycles. The molecule has 0 aliphatic carbocycles. The maximum absolute atomic E-state index is 13.9. The van der Waals surface area contributed by atoms with Crippen LogP contribution in [0.2, 0.25) is 0 Å². The summed E-state index contributed by atoms with van der Waals surface area (Å²) >= 11 is 0. The van der Waals surface area contributed by atoms with E-state index in [4.69, 9.17) is 5.11 Å². The molecule has 5 nitrogen and oxygen atoms in total. The number of carboxylic acid groups (broad SMARTS) is 1. The Morgan fingerprint density at radius 2 is 1.72 bits per heavy atom. The van der Waals surface area contributed by atoms with Crippen LogP contribution in [0, 0.1) is 0 Å². The molecule has 0 saturated heterocycles. The topological polar surface area (TPSA) is 69.2 Å². The molecule has 36 heavy (non-hydrogen) atoms. The summed E-state index contributed by atoms with van der Waals surface area (Å²) in [7, 11) is 0. The Balaban J connectivity index is 1.43. The van der Waals surface area contributed by atoms with Gasteiger partial charge in [0.05, 0.1) is 23.4 Å². The minimum Gasteiger partial charge on any atom is -0.481 e. The van der Waals surface area contributed by atoms with Crippen molar-refractivity contribution in [2.45, 2.75) is 25.6 Å². The van der Waals surface area contributed by atoms with E-state index in [2.05, 4.69) is 15.1 Å². The summed E-state index contributed by atoms with van der Waals surface area (Å²) in [6.07, 6.45) is -3.56. The van der Waals surface area contributed by atoms with E-state index in [1.165, 1.54) is 11.6 Å². The van der Waals surface area contributed by atoms with Gasteiger partial charge in [0.1, 0.15) is 0 Å². The number of hydrogen-bond acceptors (Lipinski definition) is 3. The van der Waals surface area contributed by atoms with Gasteiger partial charge in [0.15, 0.2) is 0 Å². The third-order valence-electron chi connectivity index (χ3n) is 6.53. The van der Waals surface area contributed by atoms with Crippen LogP contribution in [0.25, 0.3) is 33.6 Å². The van der Waals surface area contributed by atoms with E-state index in [0.29, 0.717) is 35.6 Å². The monoisotopic (exact) mass is 491 g/mol. The van der Waals surface area contributed by atoms with Crippen molar-refractivity contribution >= 4 is 5.97 Å². The van der Waals surface area contributed by atoms with Crippen molar-refractivity contribution in [2.75, 3.05) is 13.1 Å². The molecule has 4 aromatic rings. The van der Waals surface area contributed by atoms with E-state index < -0.39 is 17.7 Å². The van der Waals surface area contributed by atoms with Crippen molar-refractivity contribution < 1.29 is 23.1 Å². The molecule has 8 heteroatoms. The molecule has 184 valence electrons. The highest BCUT2D eigenvalue weighted by atomic mass is 19.4. The number of nitrogens with one attached hydrogen (secondary N) is 1. The van der Waals surface area contributed by atoms with Crippen molar-refractivity contribution in [3.05, 3.63) is 89.5 Å². The fourth-order valence-electron chi connectivity index (χ4n) is 4.65. The number of halogens is 3. The third kappa shape index (κ3) is 5.04. The van der Waals surface area contributed by atoms with E-state index >= 15 is 0 Å². The highest BCUT2D eigenvalue weighted by Gasteiger charge is 2.34. The molecule has 0 atom stereocenters. The number of H-pyrrole nitrogens is 1. The molecule has 1 aliphatic rings. The van der Waals surface area contributed by atoms with Crippen LogP contribution in [0.5, 0.6) is 0 Å². The first-order valence-electron chi connectivity index (χ1n) is 11.7. The van der Waals surface area contributed by atoms with Gasteiger partial charge in [0, 0.05) is 30.8 Å². The SMILES string of the molecule is O=C(O)CCN1CCc2ccc(-c3cc(-c4ccc(-c5ccccc5)c(C(F)(F)F)c4)[nH]n3)cc2C1. The van der Waals surface area contributed by atoms with E-state index in [9.17, 15) is 18.0 Å². The molecule has 3 aromatic carbocycles. The lowest BCUT2D eigenvalue weighted by atomic mass is 9.95. The minimum atomic E-state index is -4.50. The van der Waals surface area contributed by atoms with Gasteiger partial charge in [-0.2, -0.15) is 18.3 Å². The van der Waals surface area contributed by atoms with Crippen molar-refractivity contribution in [1.29, 1.82) is 0 Å². The van der Waals surface area contributed by atoms with Crippen LogP contribution >= 0.6 is 0 Å². The Bertz CT molecular complexity index is 1400. The van der Waals surface area contributed by atoms with Crippen LogP contribution in [0.4, 0.5) is 13.2 Å². The highest BCUT2D eigenvalue weighted by Crippen LogP contribution is 2.39. The molecule has 5 rings (SSSR count). The molecular weight excluding hydrogens is 467 g/mol. The number of alkyl halides is 3. The van der Waals surface area contributed by atoms with Gasteiger partial charge in [-0.05, 0) is 46.9 Å². The van der Waals surface area contributed by atoms with Gasteiger partial charge >= 0.3 is 12.1 Å². The molecule has 2 N–H and O–H groups in total. The Kier molecular flexibility index (Phi) is 6.36. The fourth-order valence-corrected chi connectivity index (χ4v) is 4.65. The number of aromatic nitrogens is 2. The van der Waals surface area contributed by atoms with Crippen LogP contribution in [-0.4, -0.2) is 39.3 Å². The number of fused-ring (bicyclic) bond motifs is 1. The minimum absolute atomic E-state index is 0.0979. The molecule has 0 unspecified atom stereocenters. The van der Waals surface area contributed by atoms with E-state index in [0.717, 1.165) is 30.2 Å². The predicted molar refractivity (Wildman–Crippen MR) is 131 cm³/mol. The normalized spacial score (nSPS) is 14.0. The van der Waals surface area contributed by atoms with Crippen molar-refractivity contribution in [3.63, 3.8) is 0 Å². The number of aromatic amines is 1. The van der Waals surface area contributed by atoms with Crippen LogP contribution in [-0.2, 0) is 23.9 Å². The molecule has 0 amide bonds. The average molecular weight is 492 g/mol. The number of aliphatic carboxylic acids is 1. The second kappa shape index (κ2) is 9.62. The number of nitrogens with zero attached hydrogens (tertiary/aromatic N) is 2. The van der Waals surface area contributed by atoms with Gasteiger partial charge in [0.2, 0.25) is 0 Å². The molecule has 0 bridgehead atoms. The van der Waals surface area contributed by atoms with Gasteiger partial charge in [-0.25, -0.2) is 0 Å². The summed E-state index contributed by atoms with van der Waals surface area (Å²) in [6.45, 7) is 1.96. The van der Waals surface area contributed by atoms with Crippen LogP contribution in [0.15, 0.2) is 72.8 Å². The first-order chi connectivity index (χ1) is 17.3. The molecule has 2 heterocycles. The number of carbonyl (C=O) groups is 1. The molecule has 0 spiro atoms. The zero-order valence-electron chi connectivity index (χ0n) is 19.3. The molecule has 0 radical (unpaired) electrons. The quantitative estimate of drug-likeness (QED) is 0.334. The largest absolute Gasteiger partial charge is 0.481 e. The van der Waals surface area contributed by atoms with Gasteiger partial charge in [0.25, 0.3) is 0 Å². The summed E-state index contributed by atoms with van der Waals surface area (Å²) in [6, 6.07) is 20.7. The molecule has 1 aliphatic heterocycles. The summed E-state index contributed by atoms with van der Waals surface area (Å²) < 4.78 is 41.8. The van der Waals surface area contributed by atoms with Gasteiger partial charge in [-0.1, -0.05) is 54.6 Å².